The Hall–Kier alpha value is -3.48. The number of aromatic nitrogens is 2. The summed E-state index contributed by atoms with van der Waals surface area (Å²) in [6, 6.07) is 15.7. The highest BCUT2D eigenvalue weighted by atomic mass is 16.6. The van der Waals surface area contributed by atoms with Crippen molar-refractivity contribution >= 4 is 23.1 Å². The molecule has 2 aromatic heterocycles. The fraction of sp³-hybridized carbons (Fsp3) is 0.333. The summed E-state index contributed by atoms with van der Waals surface area (Å²) >= 11 is 0. The van der Waals surface area contributed by atoms with Gasteiger partial charge in [-0.15, -0.1) is 0 Å². The van der Waals surface area contributed by atoms with E-state index >= 15 is 0 Å². The largest absolute Gasteiger partial charge is 0.486 e. The number of hydrogen-bond acceptors (Lipinski definition) is 6. The number of benzene rings is 1. The van der Waals surface area contributed by atoms with Gasteiger partial charge in [0.1, 0.15) is 12.4 Å². The van der Waals surface area contributed by atoms with Gasteiger partial charge in [0.2, 0.25) is 0 Å². The number of pyridine rings is 2. The Kier molecular flexibility index (Phi) is 6.72. The quantitative estimate of drug-likeness (QED) is 0.411. The molecule has 160 valence electrons. The summed E-state index contributed by atoms with van der Waals surface area (Å²) in [6.07, 6.45) is 7.57. The number of aliphatic carboxylic acids is 1. The van der Waals surface area contributed by atoms with Crippen LogP contribution in [0.2, 0.25) is 0 Å². The molecule has 0 aliphatic heterocycles. The number of oxime groups is 1. The van der Waals surface area contributed by atoms with Crippen LogP contribution < -0.4 is 4.74 Å². The third kappa shape index (κ3) is 5.57. The SMILES string of the molecule is O=C(O)/C=N/OC(c1ccc(OCc2ccc3ccccc3n2)cn1)C1CCCCC1. The Labute approximate surface area is 180 Å². The van der Waals surface area contributed by atoms with Crippen molar-refractivity contribution in [2.45, 2.75) is 44.8 Å². The van der Waals surface area contributed by atoms with Gasteiger partial charge >= 0.3 is 5.97 Å². The van der Waals surface area contributed by atoms with Crippen molar-refractivity contribution in [1.82, 2.24) is 9.97 Å². The number of rotatable bonds is 8. The first-order chi connectivity index (χ1) is 15.2. The molecule has 1 aliphatic carbocycles. The first kappa shape index (κ1) is 20.8. The lowest BCUT2D eigenvalue weighted by molar-refractivity contribution is -0.129. The molecule has 7 nitrogen and oxygen atoms in total. The van der Waals surface area contributed by atoms with Crippen LogP contribution in [0, 0.1) is 5.92 Å². The Morgan fingerprint density at radius 2 is 1.97 bits per heavy atom. The van der Waals surface area contributed by atoms with Crippen LogP contribution in [-0.2, 0) is 16.2 Å². The second kappa shape index (κ2) is 10.0. The zero-order valence-corrected chi connectivity index (χ0v) is 17.2. The summed E-state index contributed by atoms with van der Waals surface area (Å²) in [6.45, 7) is 0.345. The Morgan fingerprint density at radius 3 is 2.74 bits per heavy atom. The van der Waals surface area contributed by atoms with E-state index in [2.05, 4.69) is 15.1 Å². The highest BCUT2D eigenvalue weighted by Crippen LogP contribution is 2.36. The number of carboxylic acid groups (broad SMARTS) is 1. The third-order valence-electron chi connectivity index (χ3n) is 5.51. The summed E-state index contributed by atoms with van der Waals surface area (Å²) in [4.78, 5) is 25.4. The number of ether oxygens (including phenoxy) is 1. The number of carbonyl (C=O) groups is 1. The molecule has 1 aliphatic rings. The first-order valence-electron chi connectivity index (χ1n) is 10.5. The minimum absolute atomic E-state index is 0.265. The van der Waals surface area contributed by atoms with Crippen LogP contribution in [0.1, 0.15) is 49.6 Å². The molecule has 31 heavy (non-hydrogen) atoms. The predicted octanol–water partition coefficient (Wildman–Crippen LogP) is 4.92. The number of nitrogens with zero attached hydrogens (tertiary/aromatic N) is 3. The summed E-state index contributed by atoms with van der Waals surface area (Å²) in [5.41, 5.74) is 2.51. The van der Waals surface area contributed by atoms with Crippen LogP contribution in [0.15, 0.2) is 59.9 Å². The molecule has 0 bridgehead atoms. The van der Waals surface area contributed by atoms with Gasteiger partial charge in [-0.1, -0.05) is 48.7 Å². The third-order valence-corrected chi connectivity index (χ3v) is 5.51. The van der Waals surface area contributed by atoms with E-state index in [9.17, 15) is 4.79 Å². The van der Waals surface area contributed by atoms with Crippen molar-refractivity contribution in [3.63, 3.8) is 0 Å². The Morgan fingerprint density at radius 1 is 1.13 bits per heavy atom. The fourth-order valence-electron chi connectivity index (χ4n) is 3.95. The van der Waals surface area contributed by atoms with Crippen molar-refractivity contribution in [2.24, 2.45) is 11.1 Å². The van der Waals surface area contributed by atoms with Gasteiger partial charge in [0.05, 0.1) is 23.1 Å². The first-order valence-corrected chi connectivity index (χ1v) is 10.5. The van der Waals surface area contributed by atoms with Crippen LogP contribution in [0.4, 0.5) is 0 Å². The lowest BCUT2D eigenvalue weighted by Gasteiger charge is -2.28. The molecule has 3 aromatic rings. The normalized spacial score (nSPS) is 15.7. The second-order valence-electron chi connectivity index (χ2n) is 7.70. The van der Waals surface area contributed by atoms with Crippen LogP contribution in [-0.4, -0.2) is 27.3 Å². The zero-order valence-electron chi connectivity index (χ0n) is 17.2. The van der Waals surface area contributed by atoms with Crippen molar-refractivity contribution in [3.05, 3.63) is 66.1 Å². The molecule has 1 unspecified atom stereocenters. The smallest absolute Gasteiger partial charge is 0.350 e. The lowest BCUT2D eigenvalue weighted by atomic mass is 9.84. The topological polar surface area (TPSA) is 93.9 Å². The standard InChI is InChI=1S/C24H25N3O4/c28-23(29)15-26-31-24(18-7-2-1-3-8-18)22-13-12-20(14-25-22)30-16-19-11-10-17-6-4-5-9-21(17)27-19/h4-6,9-15,18,24H,1-3,7-8,16H2,(H,28,29)/b26-15+. The molecule has 0 amide bonds. The van der Waals surface area contributed by atoms with Gasteiger partial charge < -0.3 is 14.7 Å². The number of carboxylic acids is 1. The molecule has 2 heterocycles. The van der Waals surface area contributed by atoms with Crippen LogP contribution >= 0.6 is 0 Å². The maximum Gasteiger partial charge on any atom is 0.350 e. The van der Waals surface area contributed by atoms with Crippen molar-refractivity contribution in [1.29, 1.82) is 0 Å². The van der Waals surface area contributed by atoms with Gasteiger partial charge in [-0.25, -0.2) is 9.78 Å². The Balaban J connectivity index is 1.43. The van der Waals surface area contributed by atoms with Crippen LogP contribution in [0.25, 0.3) is 10.9 Å². The molecular formula is C24H25N3O4. The van der Waals surface area contributed by atoms with Gasteiger partial charge in [0, 0.05) is 11.3 Å². The van der Waals surface area contributed by atoms with Crippen LogP contribution in [0.5, 0.6) is 5.75 Å². The molecule has 0 radical (unpaired) electrons. The van der Waals surface area contributed by atoms with E-state index in [-0.39, 0.29) is 12.0 Å². The summed E-state index contributed by atoms with van der Waals surface area (Å²) in [5.74, 6) is -0.239. The van der Waals surface area contributed by atoms with Crippen molar-refractivity contribution < 1.29 is 19.5 Å². The monoisotopic (exact) mass is 419 g/mol. The molecule has 1 saturated carbocycles. The molecule has 4 rings (SSSR count). The van der Waals surface area contributed by atoms with E-state index in [1.54, 1.807) is 6.20 Å². The van der Waals surface area contributed by atoms with E-state index in [4.69, 9.17) is 14.7 Å². The van der Waals surface area contributed by atoms with Gasteiger partial charge in [-0.3, -0.25) is 4.98 Å². The molecule has 1 N–H and O–H groups in total. The minimum Gasteiger partial charge on any atom is -0.486 e. The van der Waals surface area contributed by atoms with Crippen LogP contribution in [0.3, 0.4) is 0 Å². The lowest BCUT2D eigenvalue weighted by Crippen LogP contribution is -2.19. The molecular weight excluding hydrogens is 394 g/mol. The highest BCUT2D eigenvalue weighted by Gasteiger charge is 2.28. The van der Waals surface area contributed by atoms with E-state index in [1.807, 2.05) is 48.5 Å². The predicted molar refractivity (Wildman–Crippen MR) is 117 cm³/mol. The van der Waals surface area contributed by atoms with Crippen molar-refractivity contribution in [3.8, 4) is 5.75 Å². The van der Waals surface area contributed by atoms with E-state index < -0.39 is 5.97 Å². The molecule has 7 heteroatoms. The molecule has 1 aromatic carbocycles. The maximum absolute atomic E-state index is 10.7. The number of fused-ring (bicyclic) bond motifs is 1. The average Bonchev–Trinajstić information content (AvgIpc) is 2.81. The zero-order chi connectivity index (χ0) is 21.5. The molecule has 1 atom stereocenters. The maximum atomic E-state index is 10.7. The molecule has 1 fully saturated rings. The minimum atomic E-state index is -1.14. The van der Waals surface area contributed by atoms with E-state index in [0.717, 1.165) is 54.2 Å². The summed E-state index contributed by atoms with van der Waals surface area (Å²) < 4.78 is 5.86. The number of hydrogen-bond donors (Lipinski definition) is 1. The van der Waals surface area contributed by atoms with E-state index in [1.165, 1.54) is 6.42 Å². The van der Waals surface area contributed by atoms with Crippen molar-refractivity contribution in [2.75, 3.05) is 0 Å². The van der Waals surface area contributed by atoms with Gasteiger partial charge in [0.25, 0.3) is 0 Å². The number of para-hydroxylation sites is 1. The average molecular weight is 419 g/mol. The van der Waals surface area contributed by atoms with Gasteiger partial charge in [0.15, 0.2) is 12.3 Å². The summed E-state index contributed by atoms with van der Waals surface area (Å²) in [5, 5.41) is 13.5. The highest BCUT2D eigenvalue weighted by molar-refractivity contribution is 6.21. The second-order valence-corrected chi connectivity index (χ2v) is 7.70. The molecule has 0 saturated heterocycles. The molecule has 0 spiro atoms. The Bertz CT molecular complexity index is 1050. The summed E-state index contributed by atoms with van der Waals surface area (Å²) in [7, 11) is 0. The van der Waals surface area contributed by atoms with Gasteiger partial charge in [-0.2, -0.15) is 0 Å². The van der Waals surface area contributed by atoms with Gasteiger partial charge in [-0.05, 0) is 37.1 Å². The van der Waals surface area contributed by atoms with E-state index in [0.29, 0.717) is 12.4 Å². The fourth-order valence-corrected chi connectivity index (χ4v) is 3.95.